The van der Waals surface area contributed by atoms with E-state index in [2.05, 4.69) is 10.0 Å². The van der Waals surface area contributed by atoms with Crippen molar-refractivity contribution >= 4 is 21.6 Å². The summed E-state index contributed by atoms with van der Waals surface area (Å²) in [4.78, 5) is 11.5. The highest BCUT2D eigenvalue weighted by molar-refractivity contribution is 7.89. The number of hydrogen-bond donors (Lipinski definition) is 2. The lowest BCUT2D eigenvalue weighted by Gasteiger charge is -2.12. The first-order valence-corrected chi connectivity index (χ1v) is 8.50. The van der Waals surface area contributed by atoms with Crippen LogP contribution in [0.3, 0.4) is 0 Å². The first kappa shape index (κ1) is 16.9. The fourth-order valence-electron chi connectivity index (χ4n) is 2.14. The Hall–Kier alpha value is -1.48. The zero-order valence-electron chi connectivity index (χ0n) is 12.4. The topological polar surface area (TPSA) is 93.7 Å². The van der Waals surface area contributed by atoms with Gasteiger partial charge in [-0.1, -0.05) is 0 Å². The molecule has 1 aliphatic rings. The molecular weight excluding hydrogens is 308 g/mol. The predicted molar refractivity (Wildman–Crippen MR) is 81.1 cm³/mol. The molecule has 1 amide bonds. The summed E-state index contributed by atoms with van der Waals surface area (Å²) in [6, 6.07) is 5.96. The van der Waals surface area contributed by atoms with E-state index in [1.54, 1.807) is 0 Å². The van der Waals surface area contributed by atoms with Crippen LogP contribution in [0.1, 0.15) is 12.8 Å². The molecular formula is C14H20N2O5S. The quantitative estimate of drug-likeness (QED) is 0.769. The van der Waals surface area contributed by atoms with Crippen molar-refractivity contribution < 1.29 is 22.7 Å². The van der Waals surface area contributed by atoms with Crippen LogP contribution < -0.4 is 10.0 Å². The molecule has 1 aliphatic heterocycles. The van der Waals surface area contributed by atoms with Crippen LogP contribution in [0.4, 0.5) is 5.69 Å². The predicted octanol–water partition coefficient (Wildman–Crippen LogP) is 0.729. The summed E-state index contributed by atoms with van der Waals surface area (Å²) in [5, 5.41) is 2.60. The van der Waals surface area contributed by atoms with Crippen molar-refractivity contribution in [3.05, 3.63) is 24.3 Å². The Kier molecular flexibility index (Phi) is 5.90. The summed E-state index contributed by atoms with van der Waals surface area (Å²) >= 11 is 0. The van der Waals surface area contributed by atoms with Crippen LogP contribution in [0, 0.1) is 0 Å². The molecule has 1 aromatic carbocycles. The molecule has 2 N–H and O–H groups in total. The fourth-order valence-corrected chi connectivity index (χ4v) is 3.20. The van der Waals surface area contributed by atoms with Gasteiger partial charge < -0.3 is 14.8 Å². The minimum absolute atomic E-state index is 0.0526. The Bertz CT molecular complexity index is 594. The van der Waals surface area contributed by atoms with Crippen LogP contribution in [0.5, 0.6) is 0 Å². The van der Waals surface area contributed by atoms with Crippen molar-refractivity contribution in [3.8, 4) is 0 Å². The highest BCUT2D eigenvalue weighted by Crippen LogP contribution is 2.15. The summed E-state index contributed by atoms with van der Waals surface area (Å²) in [6.07, 6.45) is 1.78. The molecule has 0 spiro atoms. The van der Waals surface area contributed by atoms with E-state index in [0.29, 0.717) is 12.3 Å². The van der Waals surface area contributed by atoms with E-state index >= 15 is 0 Å². The van der Waals surface area contributed by atoms with E-state index in [1.165, 1.54) is 31.4 Å². The van der Waals surface area contributed by atoms with Crippen LogP contribution in [-0.2, 0) is 24.3 Å². The van der Waals surface area contributed by atoms with Crippen LogP contribution in [0.15, 0.2) is 29.2 Å². The number of benzene rings is 1. The van der Waals surface area contributed by atoms with Gasteiger partial charge >= 0.3 is 0 Å². The monoisotopic (exact) mass is 328 g/mol. The van der Waals surface area contributed by atoms with Gasteiger partial charge in [0.2, 0.25) is 15.9 Å². The van der Waals surface area contributed by atoms with Crippen molar-refractivity contribution in [2.24, 2.45) is 0 Å². The Morgan fingerprint density at radius 1 is 1.36 bits per heavy atom. The number of hydrogen-bond acceptors (Lipinski definition) is 5. The molecule has 1 atom stereocenters. The molecule has 122 valence electrons. The van der Waals surface area contributed by atoms with Gasteiger partial charge in [0.25, 0.3) is 0 Å². The summed E-state index contributed by atoms with van der Waals surface area (Å²) in [5.41, 5.74) is 0.514. The third-order valence-corrected chi connectivity index (χ3v) is 4.69. The summed E-state index contributed by atoms with van der Waals surface area (Å²) in [5.74, 6) is -0.297. The Balaban J connectivity index is 1.94. The fraction of sp³-hybridized carbons (Fsp3) is 0.500. The third-order valence-electron chi connectivity index (χ3n) is 3.25. The van der Waals surface area contributed by atoms with Crippen LogP contribution in [0.25, 0.3) is 0 Å². The zero-order valence-corrected chi connectivity index (χ0v) is 13.2. The van der Waals surface area contributed by atoms with Gasteiger partial charge in [0, 0.05) is 25.9 Å². The van der Waals surface area contributed by atoms with E-state index in [-0.39, 0.29) is 30.1 Å². The summed E-state index contributed by atoms with van der Waals surface area (Å²) in [6.45, 7) is 0.903. The van der Waals surface area contributed by atoms with Gasteiger partial charge in [-0.2, -0.15) is 0 Å². The molecule has 1 aromatic rings. The molecule has 0 radical (unpaired) electrons. The standard InChI is InChI=1S/C14H20N2O5S/c1-20-10-14(17)16-11-4-6-13(7-5-11)22(18,19)15-9-12-3-2-8-21-12/h4-7,12,15H,2-3,8-10H2,1H3,(H,16,17)/t12-/m1/s1. The lowest BCUT2D eigenvalue weighted by molar-refractivity contribution is -0.119. The number of rotatable bonds is 7. The minimum atomic E-state index is -3.57. The smallest absolute Gasteiger partial charge is 0.250 e. The average molecular weight is 328 g/mol. The van der Waals surface area contributed by atoms with Gasteiger partial charge in [-0.15, -0.1) is 0 Å². The van der Waals surface area contributed by atoms with Crippen LogP contribution in [-0.4, -0.2) is 47.3 Å². The van der Waals surface area contributed by atoms with Crippen LogP contribution in [0.2, 0.25) is 0 Å². The molecule has 0 unspecified atom stereocenters. The SMILES string of the molecule is COCC(=O)Nc1ccc(S(=O)(=O)NC[C@H]2CCCO2)cc1. The maximum atomic E-state index is 12.2. The lowest BCUT2D eigenvalue weighted by atomic mass is 10.2. The highest BCUT2D eigenvalue weighted by Gasteiger charge is 2.20. The van der Waals surface area contributed by atoms with Gasteiger partial charge in [-0.3, -0.25) is 4.79 Å². The molecule has 1 saturated heterocycles. The van der Waals surface area contributed by atoms with E-state index in [1.807, 2.05) is 0 Å². The lowest BCUT2D eigenvalue weighted by Crippen LogP contribution is -2.31. The number of ether oxygens (including phenoxy) is 2. The number of methoxy groups -OCH3 is 1. The van der Waals surface area contributed by atoms with E-state index < -0.39 is 10.0 Å². The van der Waals surface area contributed by atoms with Crippen molar-refractivity contribution in [3.63, 3.8) is 0 Å². The highest BCUT2D eigenvalue weighted by atomic mass is 32.2. The normalized spacial score (nSPS) is 18.3. The van der Waals surface area contributed by atoms with Gasteiger partial charge in [-0.05, 0) is 37.1 Å². The second-order valence-corrected chi connectivity index (χ2v) is 6.76. The largest absolute Gasteiger partial charge is 0.377 e. The Labute approximate surface area is 130 Å². The van der Waals surface area contributed by atoms with E-state index in [4.69, 9.17) is 9.47 Å². The Morgan fingerprint density at radius 3 is 2.68 bits per heavy atom. The molecule has 22 heavy (non-hydrogen) atoms. The summed E-state index contributed by atoms with van der Waals surface area (Å²) in [7, 11) is -2.15. The minimum Gasteiger partial charge on any atom is -0.377 e. The van der Waals surface area contributed by atoms with Gasteiger partial charge in [-0.25, -0.2) is 13.1 Å². The molecule has 0 bridgehead atoms. The number of anilines is 1. The molecule has 0 aromatic heterocycles. The molecule has 7 nitrogen and oxygen atoms in total. The zero-order chi connectivity index (χ0) is 16.0. The first-order valence-electron chi connectivity index (χ1n) is 7.01. The van der Waals surface area contributed by atoms with E-state index in [0.717, 1.165) is 12.8 Å². The molecule has 1 heterocycles. The maximum absolute atomic E-state index is 12.2. The summed E-state index contributed by atoms with van der Waals surface area (Å²) < 4.78 is 36.9. The molecule has 1 fully saturated rings. The average Bonchev–Trinajstić information content (AvgIpc) is 2.99. The second kappa shape index (κ2) is 7.68. The van der Waals surface area contributed by atoms with Crippen molar-refractivity contribution in [1.29, 1.82) is 0 Å². The number of nitrogens with one attached hydrogen (secondary N) is 2. The second-order valence-electron chi connectivity index (χ2n) is 4.99. The third kappa shape index (κ3) is 4.77. The van der Waals surface area contributed by atoms with Gasteiger partial charge in [0.1, 0.15) is 6.61 Å². The van der Waals surface area contributed by atoms with Crippen molar-refractivity contribution in [2.45, 2.75) is 23.8 Å². The Morgan fingerprint density at radius 2 is 2.09 bits per heavy atom. The number of amides is 1. The maximum Gasteiger partial charge on any atom is 0.250 e. The number of sulfonamides is 1. The first-order chi connectivity index (χ1) is 10.5. The number of carbonyl (C=O) groups excluding carboxylic acids is 1. The van der Waals surface area contributed by atoms with Gasteiger partial charge in [0.05, 0.1) is 11.0 Å². The van der Waals surface area contributed by atoms with Crippen molar-refractivity contribution in [1.82, 2.24) is 4.72 Å². The van der Waals surface area contributed by atoms with Gasteiger partial charge in [0.15, 0.2) is 0 Å². The molecule has 2 rings (SSSR count). The molecule has 0 aliphatic carbocycles. The molecule has 8 heteroatoms. The number of carbonyl (C=O) groups is 1. The molecule has 0 saturated carbocycles. The van der Waals surface area contributed by atoms with E-state index in [9.17, 15) is 13.2 Å². The van der Waals surface area contributed by atoms with Crippen LogP contribution >= 0.6 is 0 Å². The van der Waals surface area contributed by atoms with Crippen molar-refractivity contribution in [2.75, 3.05) is 32.2 Å².